The smallest absolute Gasteiger partial charge is 0.231 e. The van der Waals surface area contributed by atoms with Gasteiger partial charge in [-0.3, -0.25) is 14.5 Å². The van der Waals surface area contributed by atoms with Crippen LogP contribution in [0.2, 0.25) is 0 Å². The molecule has 2 aromatic rings. The molecule has 5 nitrogen and oxygen atoms in total. The van der Waals surface area contributed by atoms with Crippen molar-refractivity contribution >= 4 is 18.1 Å². The lowest BCUT2D eigenvalue weighted by atomic mass is 9.78. The van der Waals surface area contributed by atoms with Crippen LogP contribution in [0.1, 0.15) is 56.0 Å². The molecule has 0 atom stereocenters. The Morgan fingerprint density at radius 2 is 2.00 bits per heavy atom. The summed E-state index contributed by atoms with van der Waals surface area (Å²) in [4.78, 5) is 13.1. The van der Waals surface area contributed by atoms with Crippen molar-refractivity contribution in [2.24, 2.45) is 0 Å². The minimum Gasteiger partial charge on any atom is -0.348 e. The lowest BCUT2D eigenvalue weighted by Gasteiger charge is -2.28. The summed E-state index contributed by atoms with van der Waals surface area (Å²) in [5.41, 5.74) is 0.329. The highest BCUT2D eigenvalue weighted by Gasteiger charge is 2.42. The average Bonchev–Trinajstić information content (AvgIpc) is 3.19. The van der Waals surface area contributed by atoms with Crippen LogP contribution in [-0.4, -0.2) is 20.7 Å². The summed E-state index contributed by atoms with van der Waals surface area (Å²) in [5, 5.41) is 10.1. The molecule has 1 heterocycles. The van der Waals surface area contributed by atoms with Gasteiger partial charge in [0.15, 0.2) is 10.6 Å². The molecule has 7 heteroatoms. The zero-order chi connectivity index (χ0) is 17.4. The van der Waals surface area contributed by atoms with E-state index >= 15 is 0 Å². The number of hydrogen-bond donors (Lipinski definition) is 2. The minimum atomic E-state index is -0.564. The van der Waals surface area contributed by atoms with Gasteiger partial charge >= 0.3 is 0 Å². The van der Waals surface area contributed by atoms with Crippen LogP contribution in [0.4, 0.5) is 4.39 Å². The maximum Gasteiger partial charge on any atom is 0.231 e. The highest BCUT2D eigenvalue weighted by atomic mass is 32.1. The topological polar surface area (TPSA) is 62.7 Å². The van der Waals surface area contributed by atoms with Crippen LogP contribution in [0.25, 0.3) is 0 Å². The van der Waals surface area contributed by atoms with Gasteiger partial charge in [0.1, 0.15) is 5.82 Å². The Kier molecular flexibility index (Phi) is 4.19. The normalized spacial score (nSPS) is 19.1. The number of benzene rings is 1. The Morgan fingerprint density at radius 3 is 2.64 bits per heavy atom. The lowest BCUT2D eigenvalue weighted by molar-refractivity contribution is -0.126. The summed E-state index contributed by atoms with van der Waals surface area (Å²) in [6.45, 7) is 0.353. The maximum absolute atomic E-state index is 13.3. The Labute approximate surface area is 150 Å². The van der Waals surface area contributed by atoms with Gasteiger partial charge in [0.05, 0.1) is 12.0 Å². The summed E-state index contributed by atoms with van der Waals surface area (Å²) < 4.78 is 15.9. The molecule has 2 aliphatic carbocycles. The van der Waals surface area contributed by atoms with Crippen molar-refractivity contribution in [2.45, 2.75) is 56.5 Å². The first-order chi connectivity index (χ1) is 12.1. The van der Waals surface area contributed by atoms with Gasteiger partial charge in [0.2, 0.25) is 5.91 Å². The van der Waals surface area contributed by atoms with Gasteiger partial charge in [0, 0.05) is 6.04 Å². The van der Waals surface area contributed by atoms with Crippen molar-refractivity contribution in [2.75, 3.05) is 0 Å². The van der Waals surface area contributed by atoms with E-state index in [-0.39, 0.29) is 11.7 Å². The molecule has 4 rings (SSSR count). The number of amides is 1. The van der Waals surface area contributed by atoms with Crippen LogP contribution in [0.3, 0.4) is 0 Å². The number of nitrogens with one attached hydrogen (secondary N) is 2. The molecular weight excluding hydrogens is 339 g/mol. The number of H-pyrrole nitrogens is 1. The van der Waals surface area contributed by atoms with Crippen molar-refractivity contribution < 1.29 is 9.18 Å². The molecule has 0 spiro atoms. The molecule has 2 saturated carbocycles. The predicted molar refractivity (Wildman–Crippen MR) is 94.1 cm³/mol. The molecule has 2 N–H and O–H groups in total. The summed E-state index contributed by atoms with van der Waals surface area (Å²) in [7, 11) is 0. The van der Waals surface area contributed by atoms with E-state index in [1.54, 1.807) is 12.1 Å². The van der Waals surface area contributed by atoms with E-state index in [9.17, 15) is 9.18 Å². The number of rotatable bonds is 5. The average molecular weight is 360 g/mol. The number of hydrogen-bond acceptors (Lipinski definition) is 3. The molecule has 132 valence electrons. The first-order valence-corrected chi connectivity index (χ1v) is 9.21. The first-order valence-electron chi connectivity index (χ1n) is 8.80. The van der Waals surface area contributed by atoms with E-state index in [2.05, 4.69) is 15.5 Å². The Balaban J connectivity index is 1.54. The molecule has 0 unspecified atom stereocenters. The SMILES string of the molecule is O=C(NCc1n[nH]c(=S)n1C1CC1)C1(c2ccc(F)cc2)CCCC1. The van der Waals surface area contributed by atoms with E-state index in [0.29, 0.717) is 17.4 Å². The fraction of sp³-hybridized carbons (Fsp3) is 0.500. The van der Waals surface area contributed by atoms with Crippen LogP contribution in [0, 0.1) is 10.6 Å². The standard InChI is InChI=1S/C18H21FN4OS/c19-13-5-3-12(4-6-13)18(9-1-2-10-18)16(24)20-11-15-21-22-17(25)23(15)14-7-8-14/h3-6,14H,1-2,7-11H2,(H,20,24)(H,22,25). The molecular formula is C18H21FN4OS. The number of nitrogens with zero attached hydrogens (tertiary/aromatic N) is 2. The third-order valence-corrected chi connectivity index (χ3v) is 5.67. The molecule has 0 saturated heterocycles. The number of aromatic amines is 1. The van der Waals surface area contributed by atoms with E-state index in [4.69, 9.17) is 12.2 Å². The van der Waals surface area contributed by atoms with Crippen molar-refractivity contribution in [1.29, 1.82) is 0 Å². The van der Waals surface area contributed by atoms with Crippen LogP contribution >= 0.6 is 12.2 Å². The van der Waals surface area contributed by atoms with Gasteiger partial charge in [0.25, 0.3) is 0 Å². The summed E-state index contributed by atoms with van der Waals surface area (Å²) in [5.74, 6) is 0.484. The van der Waals surface area contributed by atoms with Gasteiger partial charge in [-0.25, -0.2) is 4.39 Å². The number of aromatic nitrogens is 3. The molecule has 1 aromatic heterocycles. The first kappa shape index (κ1) is 16.4. The van der Waals surface area contributed by atoms with Crippen molar-refractivity contribution in [3.8, 4) is 0 Å². The second-order valence-corrected chi connectivity index (χ2v) is 7.41. The molecule has 25 heavy (non-hydrogen) atoms. The van der Waals surface area contributed by atoms with Crippen LogP contribution < -0.4 is 5.32 Å². The predicted octanol–water partition coefficient (Wildman–Crippen LogP) is 3.54. The number of carbonyl (C=O) groups is 1. The molecule has 0 radical (unpaired) electrons. The van der Waals surface area contributed by atoms with Gasteiger partial charge in [-0.1, -0.05) is 25.0 Å². The van der Waals surface area contributed by atoms with Crippen LogP contribution in [-0.2, 0) is 16.8 Å². The van der Waals surface area contributed by atoms with E-state index in [1.165, 1.54) is 12.1 Å². The fourth-order valence-electron chi connectivity index (χ4n) is 3.89. The third kappa shape index (κ3) is 3.01. The van der Waals surface area contributed by atoms with Crippen molar-refractivity contribution in [1.82, 2.24) is 20.1 Å². The van der Waals surface area contributed by atoms with E-state index < -0.39 is 5.41 Å². The lowest BCUT2D eigenvalue weighted by Crippen LogP contribution is -2.42. The minimum absolute atomic E-state index is 0.00660. The fourth-order valence-corrected chi connectivity index (χ4v) is 4.19. The third-order valence-electron chi connectivity index (χ3n) is 5.39. The zero-order valence-electron chi connectivity index (χ0n) is 13.9. The number of carbonyl (C=O) groups excluding carboxylic acids is 1. The Hall–Kier alpha value is -2.02. The second kappa shape index (κ2) is 6.37. The van der Waals surface area contributed by atoms with E-state index in [0.717, 1.165) is 49.9 Å². The molecule has 1 amide bonds. The zero-order valence-corrected chi connectivity index (χ0v) is 14.7. The van der Waals surface area contributed by atoms with Crippen LogP contribution in [0.15, 0.2) is 24.3 Å². The van der Waals surface area contributed by atoms with Gasteiger partial charge in [-0.2, -0.15) is 5.10 Å². The van der Waals surface area contributed by atoms with Crippen molar-refractivity contribution in [3.63, 3.8) is 0 Å². The van der Waals surface area contributed by atoms with Crippen LogP contribution in [0.5, 0.6) is 0 Å². The molecule has 2 fully saturated rings. The summed E-state index contributed by atoms with van der Waals surface area (Å²) in [6.07, 6.45) is 5.81. The second-order valence-electron chi connectivity index (χ2n) is 7.02. The monoisotopic (exact) mass is 360 g/mol. The Morgan fingerprint density at radius 1 is 1.32 bits per heavy atom. The van der Waals surface area contributed by atoms with Crippen molar-refractivity contribution in [3.05, 3.63) is 46.2 Å². The van der Waals surface area contributed by atoms with Gasteiger partial charge < -0.3 is 5.32 Å². The molecule has 2 aliphatic rings. The summed E-state index contributed by atoms with van der Waals surface area (Å²) >= 11 is 5.28. The largest absolute Gasteiger partial charge is 0.348 e. The number of halogens is 1. The summed E-state index contributed by atoms with van der Waals surface area (Å²) in [6, 6.07) is 6.75. The quantitative estimate of drug-likeness (QED) is 0.802. The Bertz CT molecular complexity index is 832. The molecule has 0 aliphatic heterocycles. The maximum atomic E-state index is 13.3. The van der Waals surface area contributed by atoms with Gasteiger partial charge in [-0.15, -0.1) is 0 Å². The highest BCUT2D eigenvalue weighted by Crippen LogP contribution is 2.41. The van der Waals surface area contributed by atoms with Gasteiger partial charge in [-0.05, 0) is 55.6 Å². The molecule has 0 bridgehead atoms. The molecule has 1 aromatic carbocycles. The highest BCUT2D eigenvalue weighted by molar-refractivity contribution is 7.71. The van der Waals surface area contributed by atoms with E-state index in [1.807, 2.05) is 4.57 Å².